The van der Waals surface area contributed by atoms with Crippen LogP contribution in [0.25, 0.3) is 0 Å². The van der Waals surface area contributed by atoms with Gasteiger partial charge in [-0.05, 0) is 0 Å². The van der Waals surface area contributed by atoms with Crippen LogP contribution >= 0.6 is 0 Å². The Balaban J connectivity index is 2.24. The summed E-state index contributed by atoms with van der Waals surface area (Å²) in [6, 6.07) is 0. The van der Waals surface area contributed by atoms with E-state index < -0.39 is 0 Å². The molecule has 0 aromatic heterocycles. The van der Waals surface area contributed by atoms with Crippen molar-refractivity contribution in [2.45, 2.75) is 13.1 Å². The van der Waals surface area contributed by atoms with E-state index in [9.17, 15) is 0 Å². The first-order chi connectivity index (χ1) is 3.38. The molecule has 3 rings (SSSR count). The molecule has 0 amide bonds. The molecule has 0 aliphatic carbocycles. The summed E-state index contributed by atoms with van der Waals surface area (Å²) in [7, 11) is 0. The standard InChI is InChI=1S/C4H6N2.Cu/c1-4-5-2-3-6-4;/h2-4H,1H3;/q-2;+2. The van der Waals surface area contributed by atoms with Crippen LogP contribution in [0.1, 0.15) is 6.92 Å². The third-order valence-electron chi connectivity index (χ3n) is 1.12. The maximum absolute atomic E-state index is 2.20. The molecule has 3 aliphatic heterocycles. The average molecular weight is 146 g/mol. The Hall–Kier alpha value is -0.141. The van der Waals surface area contributed by atoms with Gasteiger partial charge in [-0.3, -0.25) is 0 Å². The number of hydrogen-bond donors (Lipinski definition) is 0. The molecular weight excluding hydrogens is 140 g/mol. The van der Waals surface area contributed by atoms with Gasteiger partial charge in [0, 0.05) is 0 Å². The predicted molar refractivity (Wildman–Crippen MR) is 22.3 cm³/mol. The van der Waals surface area contributed by atoms with Gasteiger partial charge in [0.2, 0.25) is 0 Å². The zero-order valence-electron chi connectivity index (χ0n) is 3.93. The third kappa shape index (κ3) is 0.307. The summed E-state index contributed by atoms with van der Waals surface area (Å²) >= 11 is 1.84. The van der Waals surface area contributed by atoms with E-state index >= 15 is 0 Å². The van der Waals surface area contributed by atoms with Crippen molar-refractivity contribution in [3.8, 4) is 0 Å². The van der Waals surface area contributed by atoms with Gasteiger partial charge in [0.1, 0.15) is 0 Å². The molecule has 0 atom stereocenters. The van der Waals surface area contributed by atoms with Crippen LogP contribution in [-0.2, 0) is 15.4 Å². The molecule has 3 aliphatic rings. The molecule has 0 N–H and O–H groups in total. The van der Waals surface area contributed by atoms with Crippen LogP contribution in [0.2, 0.25) is 0 Å². The Morgan fingerprint density at radius 1 is 1.43 bits per heavy atom. The van der Waals surface area contributed by atoms with Crippen LogP contribution in [0, 0.1) is 0 Å². The summed E-state index contributed by atoms with van der Waals surface area (Å²) in [5, 5.41) is 0. The SMILES string of the molecule is CC1[N]2C=C[N]1[Cu]2. The van der Waals surface area contributed by atoms with E-state index in [2.05, 4.69) is 27.2 Å². The van der Waals surface area contributed by atoms with Crippen LogP contribution in [0.3, 0.4) is 0 Å². The Labute approximate surface area is 49.4 Å². The maximum atomic E-state index is 2.20. The molecule has 1 saturated heterocycles. The van der Waals surface area contributed by atoms with Crippen LogP contribution in [0.4, 0.5) is 0 Å². The van der Waals surface area contributed by atoms with Gasteiger partial charge in [-0.15, -0.1) is 0 Å². The van der Waals surface area contributed by atoms with E-state index in [1.165, 1.54) is 0 Å². The van der Waals surface area contributed by atoms with Gasteiger partial charge in [0.05, 0.1) is 0 Å². The fourth-order valence-electron chi connectivity index (χ4n) is 0.650. The van der Waals surface area contributed by atoms with Crippen LogP contribution in [0.15, 0.2) is 12.4 Å². The van der Waals surface area contributed by atoms with E-state index in [4.69, 9.17) is 0 Å². The van der Waals surface area contributed by atoms with Crippen molar-refractivity contribution < 1.29 is 15.4 Å². The Morgan fingerprint density at radius 3 is 2.14 bits per heavy atom. The third-order valence-corrected chi connectivity index (χ3v) is 2.54. The van der Waals surface area contributed by atoms with Crippen molar-refractivity contribution in [2.24, 2.45) is 0 Å². The fourth-order valence-corrected chi connectivity index (χ4v) is 1.54. The van der Waals surface area contributed by atoms with Gasteiger partial charge in [-0.25, -0.2) is 0 Å². The zero-order chi connectivity index (χ0) is 4.85. The van der Waals surface area contributed by atoms with Crippen molar-refractivity contribution >= 4 is 0 Å². The topological polar surface area (TPSA) is 6.48 Å². The summed E-state index contributed by atoms with van der Waals surface area (Å²) in [6.07, 6.45) is 4.80. The summed E-state index contributed by atoms with van der Waals surface area (Å²) in [5.41, 5.74) is 0. The Morgan fingerprint density at radius 2 is 2.00 bits per heavy atom. The normalized spacial score (nSPS) is 27.6. The van der Waals surface area contributed by atoms with Gasteiger partial charge in [-0.1, -0.05) is 0 Å². The molecule has 3 heteroatoms. The molecule has 0 unspecified atom stereocenters. The first kappa shape index (κ1) is 3.81. The monoisotopic (exact) mass is 145 g/mol. The second-order valence-corrected chi connectivity index (χ2v) is 2.76. The Kier molecular flexibility index (Phi) is 0.536. The first-order valence-electron chi connectivity index (χ1n) is 2.21. The quantitative estimate of drug-likeness (QED) is 0.454. The molecule has 7 heavy (non-hydrogen) atoms. The van der Waals surface area contributed by atoms with Crippen molar-refractivity contribution in [2.75, 3.05) is 0 Å². The number of hydrogen-bond acceptors (Lipinski definition) is 2. The summed E-state index contributed by atoms with van der Waals surface area (Å²) in [6.45, 7) is 2.17. The second-order valence-electron chi connectivity index (χ2n) is 1.60. The zero-order valence-corrected chi connectivity index (χ0v) is 4.87. The van der Waals surface area contributed by atoms with Crippen LogP contribution in [-0.4, -0.2) is 14.0 Å². The average Bonchev–Trinajstić information content (AvgIpc) is 2.18. The van der Waals surface area contributed by atoms with Gasteiger partial charge < -0.3 is 0 Å². The van der Waals surface area contributed by atoms with Crippen molar-refractivity contribution in [1.82, 2.24) is 7.83 Å². The molecular formula is C4H6CuN2. The molecule has 3 heterocycles. The van der Waals surface area contributed by atoms with Crippen molar-refractivity contribution in [3.63, 3.8) is 0 Å². The molecule has 0 aromatic carbocycles. The summed E-state index contributed by atoms with van der Waals surface area (Å²) < 4.78 is 4.40. The van der Waals surface area contributed by atoms with Gasteiger partial charge in [0.25, 0.3) is 0 Å². The van der Waals surface area contributed by atoms with Gasteiger partial charge in [0.15, 0.2) is 0 Å². The molecule has 0 spiro atoms. The molecule has 2 nitrogen and oxygen atoms in total. The fraction of sp³-hybridized carbons (Fsp3) is 0.500. The van der Waals surface area contributed by atoms with E-state index in [1.807, 2.05) is 15.4 Å². The second kappa shape index (κ2) is 0.984. The van der Waals surface area contributed by atoms with Crippen LogP contribution in [0.5, 0.6) is 0 Å². The minimum atomic E-state index is 0.625. The summed E-state index contributed by atoms with van der Waals surface area (Å²) in [4.78, 5) is 0. The van der Waals surface area contributed by atoms with Crippen molar-refractivity contribution in [3.05, 3.63) is 12.4 Å². The van der Waals surface area contributed by atoms with Crippen LogP contribution < -0.4 is 0 Å². The molecule has 0 aromatic rings. The molecule has 2 bridgehead atoms. The van der Waals surface area contributed by atoms with Gasteiger partial charge >= 0.3 is 48.7 Å². The van der Waals surface area contributed by atoms with E-state index in [-0.39, 0.29) is 0 Å². The first-order valence-corrected chi connectivity index (χ1v) is 3.06. The summed E-state index contributed by atoms with van der Waals surface area (Å²) in [5.74, 6) is 0. The van der Waals surface area contributed by atoms with E-state index in [0.29, 0.717) is 6.17 Å². The van der Waals surface area contributed by atoms with E-state index in [1.54, 1.807) is 0 Å². The molecule has 0 saturated carbocycles. The minimum absolute atomic E-state index is 0.625. The molecule has 0 radical (unpaired) electrons. The van der Waals surface area contributed by atoms with Crippen molar-refractivity contribution in [1.29, 1.82) is 0 Å². The Bertz CT molecular complexity index is 111. The predicted octanol–water partition coefficient (Wildman–Crippen LogP) is 0.347. The number of rotatable bonds is 0. The molecule has 1 fully saturated rings. The number of nitrogens with zero attached hydrogens (tertiary/aromatic N) is 2. The molecule has 43 valence electrons. The van der Waals surface area contributed by atoms with E-state index in [0.717, 1.165) is 0 Å². The van der Waals surface area contributed by atoms with Gasteiger partial charge in [-0.2, -0.15) is 0 Å².